The molecule has 3 aromatic carbocycles. The van der Waals surface area contributed by atoms with Gasteiger partial charge in [0.05, 0.1) is 5.69 Å². The van der Waals surface area contributed by atoms with Crippen LogP contribution in [0, 0.1) is 13.8 Å². The zero-order valence-electron chi connectivity index (χ0n) is 18.4. The molecule has 1 N–H and O–H groups in total. The summed E-state index contributed by atoms with van der Waals surface area (Å²) in [4.78, 5) is 39.0. The summed E-state index contributed by atoms with van der Waals surface area (Å²) in [7, 11) is 0. The lowest BCUT2D eigenvalue weighted by Crippen LogP contribution is -2.54. The van der Waals surface area contributed by atoms with Gasteiger partial charge in [0, 0.05) is 15.6 Å². The number of barbiturate groups is 1. The third kappa shape index (κ3) is 4.98. The summed E-state index contributed by atoms with van der Waals surface area (Å²) in [5.74, 6) is -0.839. The number of hydrogen-bond donors (Lipinski definition) is 1. The maximum atomic E-state index is 13.1. The molecule has 3 aromatic rings. The molecule has 0 radical (unpaired) electrons. The number of ether oxygens (including phenoxy) is 1. The molecular weight excluding hydrogens is 475 g/mol. The van der Waals surface area contributed by atoms with Crippen LogP contribution in [-0.4, -0.2) is 17.8 Å². The van der Waals surface area contributed by atoms with Gasteiger partial charge in [-0.2, -0.15) is 0 Å². The molecule has 1 heterocycles. The van der Waals surface area contributed by atoms with Crippen molar-refractivity contribution in [1.82, 2.24) is 5.32 Å². The SMILES string of the molecule is Cc1ccc(C)c(N2C(=O)NC(=O)/C(=C\c3ccc(OCc4ccc(Cl)cc4Cl)cc3)C2=O)c1. The lowest BCUT2D eigenvalue weighted by Gasteiger charge is -2.27. The Kier molecular flexibility index (Phi) is 6.72. The molecule has 0 aliphatic carbocycles. The van der Waals surface area contributed by atoms with Gasteiger partial charge in [-0.25, -0.2) is 9.69 Å². The number of amides is 4. The van der Waals surface area contributed by atoms with Gasteiger partial charge < -0.3 is 4.74 Å². The second-order valence-corrected chi connectivity index (χ2v) is 8.68. The highest BCUT2D eigenvalue weighted by Crippen LogP contribution is 2.27. The highest BCUT2D eigenvalue weighted by atomic mass is 35.5. The molecule has 0 bridgehead atoms. The Morgan fingerprint density at radius 3 is 2.38 bits per heavy atom. The number of anilines is 1. The molecule has 1 fully saturated rings. The third-order valence-electron chi connectivity index (χ3n) is 5.31. The number of imide groups is 2. The predicted molar refractivity (Wildman–Crippen MR) is 132 cm³/mol. The minimum Gasteiger partial charge on any atom is -0.489 e. The molecule has 34 heavy (non-hydrogen) atoms. The van der Waals surface area contributed by atoms with Crippen molar-refractivity contribution in [3.05, 3.63) is 98.5 Å². The number of nitrogens with zero attached hydrogens (tertiary/aromatic N) is 1. The summed E-state index contributed by atoms with van der Waals surface area (Å²) in [5, 5.41) is 3.31. The Labute approximate surface area is 206 Å². The van der Waals surface area contributed by atoms with E-state index in [9.17, 15) is 14.4 Å². The lowest BCUT2D eigenvalue weighted by atomic mass is 10.0. The average molecular weight is 495 g/mol. The largest absolute Gasteiger partial charge is 0.489 e. The first kappa shape index (κ1) is 23.5. The maximum Gasteiger partial charge on any atom is 0.335 e. The van der Waals surface area contributed by atoms with E-state index in [1.807, 2.05) is 19.1 Å². The molecule has 4 amide bonds. The standard InChI is InChI=1S/C26H20Cl2N2O4/c1-15-3-4-16(2)23(11-15)30-25(32)21(24(31)29-26(30)33)12-17-5-9-20(10-6-17)34-14-18-7-8-19(27)13-22(18)28/h3-13H,14H2,1-2H3,(H,29,31,33)/b21-12+. The van der Waals surface area contributed by atoms with Gasteiger partial charge in [-0.1, -0.05) is 53.5 Å². The predicted octanol–water partition coefficient (Wildman–Crippen LogP) is 5.86. The number of rotatable bonds is 5. The molecule has 1 saturated heterocycles. The summed E-state index contributed by atoms with van der Waals surface area (Å²) in [6.45, 7) is 3.91. The van der Waals surface area contributed by atoms with Crippen LogP contribution in [0.1, 0.15) is 22.3 Å². The Morgan fingerprint density at radius 1 is 0.941 bits per heavy atom. The summed E-state index contributed by atoms with van der Waals surface area (Å²) in [6.07, 6.45) is 1.45. The highest BCUT2D eigenvalue weighted by Gasteiger charge is 2.37. The molecule has 0 saturated carbocycles. The molecule has 1 aliphatic rings. The highest BCUT2D eigenvalue weighted by molar-refractivity contribution is 6.39. The van der Waals surface area contributed by atoms with E-state index in [-0.39, 0.29) is 12.2 Å². The molecule has 4 rings (SSSR count). The van der Waals surface area contributed by atoms with E-state index in [1.165, 1.54) is 6.08 Å². The molecule has 172 valence electrons. The number of urea groups is 1. The van der Waals surface area contributed by atoms with Gasteiger partial charge in [0.2, 0.25) is 0 Å². The molecule has 0 spiro atoms. The van der Waals surface area contributed by atoms with Gasteiger partial charge in [-0.15, -0.1) is 0 Å². The number of carbonyl (C=O) groups excluding carboxylic acids is 3. The zero-order chi connectivity index (χ0) is 24.4. The first-order valence-electron chi connectivity index (χ1n) is 10.4. The number of aryl methyl sites for hydroxylation is 2. The van der Waals surface area contributed by atoms with E-state index in [0.29, 0.717) is 27.0 Å². The Hall–Kier alpha value is -3.61. The van der Waals surface area contributed by atoms with Crippen LogP contribution in [0.2, 0.25) is 10.0 Å². The van der Waals surface area contributed by atoms with Crippen molar-refractivity contribution in [1.29, 1.82) is 0 Å². The van der Waals surface area contributed by atoms with Crippen LogP contribution in [0.15, 0.2) is 66.2 Å². The van der Waals surface area contributed by atoms with E-state index in [0.717, 1.165) is 21.6 Å². The monoisotopic (exact) mass is 494 g/mol. The summed E-state index contributed by atoms with van der Waals surface area (Å²) >= 11 is 12.1. The van der Waals surface area contributed by atoms with E-state index >= 15 is 0 Å². The van der Waals surface area contributed by atoms with Crippen LogP contribution in [0.5, 0.6) is 5.75 Å². The fourth-order valence-electron chi connectivity index (χ4n) is 3.46. The van der Waals surface area contributed by atoms with Gasteiger partial charge in [0.15, 0.2) is 0 Å². The first-order chi connectivity index (χ1) is 16.2. The smallest absolute Gasteiger partial charge is 0.335 e. The second kappa shape index (κ2) is 9.71. The van der Waals surface area contributed by atoms with Crippen LogP contribution in [0.4, 0.5) is 10.5 Å². The van der Waals surface area contributed by atoms with Crippen molar-refractivity contribution in [3.8, 4) is 5.75 Å². The van der Waals surface area contributed by atoms with Crippen LogP contribution >= 0.6 is 23.2 Å². The molecule has 0 unspecified atom stereocenters. The fourth-order valence-corrected chi connectivity index (χ4v) is 3.93. The van der Waals surface area contributed by atoms with E-state index in [1.54, 1.807) is 55.5 Å². The normalized spacial score (nSPS) is 15.0. The number of hydrogen-bond acceptors (Lipinski definition) is 4. The molecule has 1 aliphatic heterocycles. The van der Waals surface area contributed by atoms with Crippen LogP contribution in [-0.2, 0) is 16.2 Å². The number of benzene rings is 3. The minimum atomic E-state index is -0.773. The number of carbonyl (C=O) groups is 3. The van der Waals surface area contributed by atoms with Crippen molar-refractivity contribution in [3.63, 3.8) is 0 Å². The van der Waals surface area contributed by atoms with E-state index in [2.05, 4.69) is 5.32 Å². The molecular formula is C26H20Cl2N2O4. The maximum absolute atomic E-state index is 13.1. The van der Waals surface area contributed by atoms with Crippen molar-refractivity contribution in [2.75, 3.05) is 4.90 Å². The lowest BCUT2D eigenvalue weighted by molar-refractivity contribution is -0.122. The van der Waals surface area contributed by atoms with Gasteiger partial charge in [0.1, 0.15) is 17.9 Å². The Morgan fingerprint density at radius 2 is 1.68 bits per heavy atom. The van der Waals surface area contributed by atoms with Gasteiger partial charge in [0.25, 0.3) is 11.8 Å². The van der Waals surface area contributed by atoms with Crippen molar-refractivity contribution in [2.45, 2.75) is 20.5 Å². The number of halogens is 2. The quantitative estimate of drug-likeness (QED) is 0.356. The molecule has 0 atom stereocenters. The zero-order valence-corrected chi connectivity index (χ0v) is 19.9. The molecule has 8 heteroatoms. The average Bonchev–Trinajstić information content (AvgIpc) is 2.79. The molecule has 0 aromatic heterocycles. The van der Waals surface area contributed by atoms with Gasteiger partial charge in [-0.05, 0) is 66.9 Å². The van der Waals surface area contributed by atoms with E-state index < -0.39 is 17.8 Å². The first-order valence-corrected chi connectivity index (χ1v) is 11.1. The summed E-state index contributed by atoms with van der Waals surface area (Å²) in [6, 6.07) is 16.7. The van der Waals surface area contributed by atoms with Crippen LogP contribution < -0.4 is 15.0 Å². The topological polar surface area (TPSA) is 75.7 Å². The van der Waals surface area contributed by atoms with Crippen molar-refractivity contribution >= 4 is 52.8 Å². The minimum absolute atomic E-state index is 0.137. The Balaban J connectivity index is 1.54. The van der Waals surface area contributed by atoms with Crippen LogP contribution in [0.3, 0.4) is 0 Å². The van der Waals surface area contributed by atoms with Crippen molar-refractivity contribution < 1.29 is 19.1 Å². The van der Waals surface area contributed by atoms with E-state index in [4.69, 9.17) is 27.9 Å². The number of nitrogens with one attached hydrogen (secondary N) is 1. The third-order valence-corrected chi connectivity index (χ3v) is 5.89. The Bertz CT molecular complexity index is 1330. The summed E-state index contributed by atoms with van der Waals surface area (Å²) < 4.78 is 5.77. The molecule has 6 nitrogen and oxygen atoms in total. The summed E-state index contributed by atoms with van der Waals surface area (Å²) in [5.41, 5.74) is 3.32. The fraction of sp³-hybridized carbons (Fsp3) is 0.115. The van der Waals surface area contributed by atoms with Crippen LogP contribution in [0.25, 0.3) is 6.08 Å². The van der Waals surface area contributed by atoms with Crippen molar-refractivity contribution in [2.24, 2.45) is 0 Å². The van der Waals surface area contributed by atoms with Gasteiger partial charge in [-0.3, -0.25) is 14.9 Å². The van der Waals surface area contributed by atoms with Gasteiger partial charge >= 0.3 is 6.03 Å². The second-order valence-electron chi connectivity index (χ2n) is 7.84.